The molecule has 0 aliphatic heterocycles. The van der Waals surface area contributed by atoms with Gasteiger partial charge in [-0.15, -0.1) is 0 Å². The Kier molecular flexibility index (Phi) is 5.61. The lowest BCUT2D eigenvalue weighted by molar-refractivity contribution is -0.157. The van der Waals surface area contributed by atoms with Gasteiger partial charge in [0.15, 0.2) is 0 Å². The molecule has 0 aromatic heterocycles. The number of hydrogen-bond donors (Lipinski definition) is 2. The molecule has 0 bridgehead atoms. The molecule has 0 aliphatic carbocycles. The zero-order chi connectivity index (χ0) is 13.8. The minimum absolute atomic E-state index is 0.0427. The third-order valence-corrected chi connectivity index (χ3v) is 3.32. The Balaban J connectivity index is 5.02. The van der Waals surface area contributed by atoms with E-state index >= 15 is 0 Å². The van der Waals surface area contributed by atoms with Gasteiger partial charge in [0.25, 0.3) is 0 Å². The number of likely N-dealkylation sites (N-methyl/N-ethyl adjacent to an activating group) is 1. The first-order chi connectivity index (χ1) is 7.69. The van der Waals surface area contributed by atoms with Gasteiger partial charge in [-0.1, -0.05) is 20.3 Å². The Morgan fingerprint density at radius 2 is 1.82 bits per heavy atom. The lowest BCUT2D eigenvalue weighted by atomic mass is 9.95. The molecule has 0 spiro atoms. The number of hydrogen-bond acceptors (Lipinski definition) is 3. The van der Waals surface area contributed by atoms with Crippen LogP contribution in [0.1, 0.15) is 41.0 Å². The maximum Gasteiger partial charge on any atom is 0.329 e. The number of carboxylic acids is 1. The van der Waals surface area contributed by atoms with E-state index in [9.17, 15) is 9.59 Å². The second kappa shape index (κ2) is 6.00. The SMILES string of the molecule is CCC(C)C(N)C(=O)N(CC)C(C)(C)C(=O)O. The van der Waals surface area contributed by atoms with Gasteiger partial charge in [0, 0.05) is 6.54 Å². The van der Waals surface area contributed by atoms with Crippen molar-refractivity contribution in [1.29, 1.82) is 0 Å². The van der Waals surface area contributed by atoms with E-state index in [-0.39, 0.29) is 11.8 Å². The van der Waals surface area contributed by atoms with Gasteiger partial charge in [0.05, 0.1) is 6.04 Å². The molecule has 100 valence electrons. The number of carbonyl (C=O) groups excluding carboxylic acids is 1. The average Bonchev–Trinajstić information content (AvgIpc) is 2.27. The minimum atomic E-state index is -1.23. The van der Waals surface area contributed by atoms with E-state index in [0.29, 0.717) is 6.54 Å². The van der Waals surface area contributed by atoms with Crippen molar-refractivity contribution in [2.75, 3.05) is 6.54 Å². The van der Waals surface area contributed by atoms with Crippen molar-refractivity contribution in [2.24, 2.45) is 11.7 Å². The van der Waals surface area contributed by atoms with Gasteiger partial charge < -0.3 is 15.7 Å². The largest absolute Gasteiger partial charge is 0.480 e. The summed E-state index contributed by atoms with van der Waals surface area (Å²) in [4.78, 5) is 24.6. The molecule has 0 aliphatic rings. The van der Waals surface area contributed by atoms with Crippen LogP contribution in [-0.2, 0) is 9.59 Å². The molecule has 0 fully saturated rings. The van der Waals surface area contributed by atoms with Gasteiger partial charge in [0.2, 0.25) is 5.91 Å². The molecular formula is C12H24N2O3. The number of carbonyl (C=O) groups is 2. The smallest absolute Gasteiger partial charge is 0.329 e. The van der Waals surface area contributed by atoms with E-state index in [1.165, 1.54) is 18.7 Å². The monoisotopic (exact) mass is 244 g/mol. The van der Waals surface area contributed by atoms with E-state index < -0.39 is 17.6 Å². The molecule has 17 heavy (non-hydrogen) atoms. The summed E-state index contributed by atoms with van der Waals surface area (Å²) in [6.45, 7) is 8.97. The molecule has 5 nitrogen and oxygen atoms in total. The maximum absolute atomic E-state index is 12.2. The Morgan fingerprint density at radius 1 is 1.35 bits per heavy atom. The van der Waals surface area contributed by atoms with Crippen LogP contribution in [0.3, 0.4) is 0 Å². The molecular weight excluding hydrogens is 220 g/mol. The van der Waals surface area contributed by atoms with Crippen LogP contribution in [0.5, 0.6) is 0 Å². The Labute approximate surface area is 103 Å². The first-order valence-electron chi connectivity index (χ1n) is 6.00. The quantitative estimate of drug-likeness (QED) is 0.732. The lowest BCUT2D eigenvalue weighted by Crippen LogP contribution is -2.58. The summed E-state index contributed by atoms with van der Waals surface area (Å²) in [6.07, 6.45) is 0.790. The molecule has 0 rings (SSSR count). The van der Waals surface area contributed by atoms with Crippen LogP contribution in [0.25, 0.3) is 0 Å². The van der Waals surface area contributed by atoms with Crippen molar-refractivity contribution >= 4 is 11.9 Å². The zero-order valence-corrected chi connectivity index (χ0v) is 11.4. The van der Waals surface area contributed by atoms with Crippen LogP contribution in [0.4, 0.5) is 0 Å². The van der Waals surface area contributed by atoms with Gasteiger partial charge in [-0.3, -0.25) is 4.79 Å². The number of carboxylic acid groups (broad SMARTS) is 1. The summed E-state index contributed by atoms with van der Waals surface area (Å²) in [5, 5.41) is 9.13. The summed E-state index contributed by atoms with van der Waals surface area (Å²) >= 11 is 0. The van der Waals surface area contributed by atoms with Gasteiger partial charge in [-0.25, -0.2) is 4.79 Å². The van der Waals surface area contributed by atoms with E-state index in [0.717, 1.165) is 6.42 Å². The van der Waals surface area contributed by atoms with Crippen molar-refractivity contribution in [2.45, 2.75) is 52.6 Å². The van der Waals surface area contributed by atoms with Crippen LogP contribution < -0.4 is 5.73 Å². The second-order valence-electron chi connectivity index (χ2n) is 4.86. The molecule has 0 saturated carbocycles. The molecule has 2 atom stereocenters. The standard InChI is InChI=1S/C12H24N2O3/c1-6-8(3)9(13)10(15)14(7-2)12(4,5)11(16)17/h8-9H,6-7,13H2,1-5H3,(H,16,17). The average molecular weight is 244 g/mol. The number of nitrogens with zero attached hydrogens (tertiary/aromatic N) is 1. The normalized spacial score (nSPS) is 15.2. The van der Waals surface area contributed by atoms with Crippen molar-refractivity contribution in [1.82, 2.24) is 4.90 Å². The molecule has 0 aromatic carbocycles. The summed E-state index contributed by atoms with van der Waals surface area (Å²) in [5.74, 6) is -1.28. The highest BCUT2D eigenvalue weighted by atomic mass is 16.4. The van der Waals surface area contributed by atoms with Crippen LogP contribution in [0.2, 0.25) is 0 Å². The van der Waals surface area contributed by atoms with Gasteiger partial charge >= 0.3 is 5.97 Å². The molecule has 0 radical (unpaired) electrons. The number of aliphatic carboxylic acids is 1. The van der Waals surface area contributed by atoms with Crippen LogP contribution in [0.15, 0.2) is 0 Å². The molecule has 0 heterocycles. The number of rotatable bonds is 6. The fourth-order valence-electron chi connectivity index (χ4n) is 1.62. The summed E-state index contributed by atoms with van der Waals surface area (Å²) in [7, 11) is 0. The summed E-state index contributed by atoms with van der Waals surface area (Å²) in [5.41, 5.74) is 4.64. The van der Waals surface area contributed by atoms with E-state index in [2.05, 4.69) is 0 Å². The molecule has 5 heteroatoms. The summed E-state index contributed by atoms with van der Waals surface area (Å²) in [6, 6.07) is -0.640. The summed E-state index contributed by atoms with van der Waals surface area (Å²) < 4.78 is 0. The Morgan fingerprint density at radius 3 is 2.12 bits per heavy atom. The predicted molar refractivity (Wildman–Crippen MR) is 66.5 cm³/mol. The molecule has 1 amide bonds. The fraction of sp³-hybridized carbons (Fsp3) is 0.833. The topological polar surface area (TPSA) is 83.6 Å². The number of amides is 1. The number of nitrogens with two attached hydrogens (primary N) is 1. The fourth-order valence-corrected chi connectivity index (χ4v) is 1.62. The third kappa shape index (κ3) is 3.43. The molecule has 0 saturated heterocycles. The zero-order valence-electron chi connectivity index (χ0n) is 11.4. The Bertz CT molecular complexity index is 289. The highest BCUT2D eigenvalue weighted by Gasteiger charge is 2.39. The van der Waals surface area contributed by atoms with Gasteiger partial charge in [-0.05, 0) is 26.7 Å². The van der Waals surface area contributed by atoms with Gasteiger partial charge in [-0.2, -0.15) is 0 Å². The van der Waals surface area contributed by atoms with Crippen molar-refractivity contribution in [3.8, 4) is 0 Å². The maximum atomic E-state index is 12.2. The minimum Gasteiger partial charge on any atom is -0.480 e. The highest BCUT2D eigenvalue weighted by molar-refractivity contribution is 5.89. The molecule has 0 aromatic rings. The van der Waals surface area contributed by atoms with Crippen LogP contribution >= 0.6 is 0 Å². The highest BCUT2D eigenvalue weighted by Crippen LogP contribution is 2.18. The van der Waals surface area contributed by atoms with E-state index in [4.69, 9.17) is 10.8 Å². The van der Waals surface area contributed by atoms with Crippen molar-refractivity contribution in [3.63, 3.8) is 0 Å². The van der Waals surface area contributed by atoms with Crippen molar-refractivity contribution in [3.05, 3.63) is 0 Å². The van der Waals surface area contributed by atoms with Crippen molar-refractivity contribution < 1.29 is 14.7 Å². The van der Waals surface area contributed by atoms with Crippen LogP contribution in [-0.4, -0.2) is 40.0 Å². The lowest BCUT2D eigenvalue weighted by Gasteiger charge is -2.36. The van der Waals surface area contributed by atoms with Gasteiger partial charge in [0.1, 0.15) is 5.54 Å². The van der Waals surface area contributed by atoms with E-state index in [1.807, 2.05) is 13.8 Å². The Hall–Kier alpha value is -1.10. The first-order valence-corrected chi connectivity index (χ1v) is 6.00. The third-order valence-electron chi connectivity index (χ3n) is 3.32. The molecule has 2 unspecified atom stereocenters. The van der Waals surface area contributed by atoms with Crippen LogP contribution in [0, 0.1) is 5.92 Å². The molecule has 3 N–H and O–H groups in total. The van der Waals surface area contributed by atoms with E-state index in [1.54, 1.807) is 6.92 Å². The predicted octanol–water partition coefficient (Wildman–Crippen LogP) is 1.07. The first kappa shape index (κ1) is 15.9. The second-order valence-corrected chi connectivity index (χ2v) is 4.86.